The van der Waals surface area contributed by atoms with Crippen molar-refractivity contribution in [2.45, 2.75) is 6.18 Å². The van der Waals surface area contributed by atoms with Crippen molar-refractivity contribution in [3.8, 4) is 17.2 Å². The molecule has 1 N–H and O–H groups in total. The lowest BCUT2D eigenvalue weighted by atomic mass is 10.1. The molecule has 1 amide bonds. The Balaban J connectivity index is 2.21. The molecule has 0 fully saturated rings. The van der Waals surface area contributed by atoms with Gasteiger partial charge in [0.25, 0.3) is 5.91 Å². The molecular weight excluding hydrogens is 339 g/mol. The van der Waals surface area contributed by atoms with Crippen LogP contribution in [0, 0.1) is 0 Å². The average Bonchev–Trinajstić information content (AvgIpc) is 2.59. The Morgan fingerprint density at radius 2 is 1.76 bits per heavy atom. The van der Waals surface area contributed by atoms with E-state index in [0.717, 1.165) is 0 Å². The van der Waals surface area contributed by atoms with Crippen molar-refractivity contribution in [3.63, 3.8) is 0 Å². The largest absolute Gasteiger partial charge is 0.497 e. The fourth-order valence-corrected chi connectivity index (χ4v) is 2.03. The van der Waals surface area contributed by atoms with Crippen LogP contribution in [0.2, 0.25) is 0 Å². The molecule has 0 radical (unpaired) electrons. The van der Waals surface area contributed by atoms with Gasteiger partial charge < -0.3 is 19.5 Å². The SMILES string of the molecule is COc1ccc(C(=O)Nc2ccccc2OCC(F)(F)F)c(OC)c1. The molecule has 0 aliphatic carbocycles. The molecule has 25 heavy (non-hydrogen) atoms. The molecule has 0 bridgehead atoms. The van der Waals surface area contributed by atoms with Gasteiger partial charge in [0.1, 0.15) is 17.2 Å². The monoisotopic (exact) mass is 355 g/mol. The normalized spacial score (nSPS) is 10.9. The average molecular weight is 355 g/mol. The molecule has 0 aromatic heterocycles. The van der Waals surface area contributed by atoms with Crippen LogP contribution in [0.15, 0.2) is 42.5 Å². The van der Waals surface area contributed by atoms with Crippen molar-refractivity contribution in [2.75, 3.05) is 26.1 Å². The van der Waals surface area contributed by atoms with Crippen molar-refractivity contribution >= 4 is 11.6 Å². The number of carbonyl (C=O) groups is 1. The van der Waals surface area contributed by atoms with Crippen LogP contribution in [0.3, 0.4) is 0 Å². The van der Waals surface area contributed by atoms with Crippen LogP contribution in [-0.4, -0.2) is 32.9 Å². The van der Waals surface area contributed by atoms with Gasteiger partial charge in [0.15, 0.2) is 6.61 Å². The molecule has 0 unspecified atom stereocenters. The summed E-state index contributed by atoms with van der Waals surface area (Å²) in [4.78, 5) is 12.4. The number of methoxy groups -OCH3 is 2. The third-order valence-corrected chi connectivity index (χ3v) is 3.18. The maximum absolute atomic E-state index is 12.4. The lowest BCUT2D eigenvalue weighted by Crippen LogP contribution is -2.20. The van der Waals surface area contributed by atoms with Crippen LogP contribution in [0.5, 0.6) is 17.2 Å². The van der Waals surface area contributed by atoms with Crippen LogP contribution in [0.25, 0.3) is 0 Å². The van der Waals surface area contributed by atoms with E-state index in [-0.39, 0.29) is 22.7 Å². The number of anilines is 1. The molecule has 0 saturated heterocycles. The third kappa shape index (κ3) is 5.03. The van der Waals surface area contributed by atoms with Gasteiger partial charge in [-0.2, -0.15) is 13.2 Å². The molecule has 134 valence electrons. The molecule has 0 atom stereocenters. The number of nitrogens with one attached hydrogen (secondary N) is 1. The van der Waals surface area contributed by atoms with Crippen molar-refractivity contribution in [3.05, 3.63) is 48.0 Å². The Bertz CT molecular complexity index is 747. The van der Waals surface area contributed by atoms with Gasteiger partial charge in [0.2, 0.25) is 0 Å². The van der Waals surface area contributed by atoms with Crippen LogP contribution in [-0.2, 0) is 0 Å². The van der Waals surface area contributed by atoms with Crippen LogP contribution in [0.4, 0.5) is 18.9 Å². The predicted octanol–water partition coefficient (Wildman–Crippen LogP) is 3.90. The summed E-state index contributed by atoms with van der Waals surface area (Å²) in [6.07, 6.45) is -4.48. The number of rotatable bonds is 6. The van der Waals surface area contributed by atoms with Crippen molar-refractivity contribution in [2.24, 2.45) is 0 Å². The minimum atomic E-state index is -4.48. The lowest BCUT2D eigenvalue weighted by Gasteiger charge is -2.15. The second-order valence-electron chi connectivity index (χ2n) is 4.92. The topological polar surface area (TPSA) is 56.8 Å². The first kappa shape index (κ1) is 18.4. The van der Waals surface area contributed by atoms with Gasteiger partial charge in [-0.1, -0.05) is 12.1 Å². The zero-order valence-corrected chi connectivity index (χ0v) is 13.5. The third-order valence-electron chi connectivity index (χ3n) is 3.18. The minimum Gasteiger partial charge on any atom is -0.497 e. The van der Waals surface area contributed by atoms with Gasteiger partial charge in [0, 0.05) is 6.07 Å². The summed E-state index contributed by atoms with van der Waals surface area (Å²) in [5, 5.41) is 2.52. The summed E-state index contributed by atoms with van der Waals surface area (Å²) in [6.45, 7) is -1.45. The van der Waals surface area contributed by atoms with Gasteiger partial charge in [-0.05, 0) is 24.3 Å². The van der Waals surface area contributed by atoms with E-state index >= 15 is 0 Å². The summed E-state index contributed by atoms with van der Waals surface area (Å²) in [5.41, 5.74) is 0.323. The number of hydrogen-bond acceptors (Lipinski definition) is 4. The number of halogens is 3. The highest BCUT2D eigenvalue weighted by molar-refractivity contribution is 6.07. The van der Waals surface area contributed by atoms with E-state index in [1.807, 2.05) is 0 Å². The summed E-state index contributed by atoms with van der Waals surface area (Å²) in [6, 6.07) is 10.5. The Hall–Kier alpha value is -2.90. The van der Waals surface area contributed by atoms with Crippen molar-refractivity contribution in [1.29, 1.82) is 0 Å². The number of hydrogen-bond donors (Lipinski definition) is 1. The van der Waals surface area contributed by atoms with E-state index in [2.05, 4.69) is 5.32 Å². The number of carbonyl (C=O) groups excluding carboxylic acids is 1. The van der Waals surface area contributed by atoms with Gasteiger partial charge in [0.05, 0.1) is 25.5 Å². The number of alkyl halides is 3. The van der Waals surface area contributed by atoms with Crippen LogP contribution < -0.4 is 19.5 Å². The summed E-state index contributed by atoms with van der Waals surface area (Å²) in [5.74, 6) is 0.135. The molecule has 2 rings (SSSR count). The van der Waals surface area contributed by atoms with E-state index in [1.54, 1.807) is 12.1 Å². The standard InChI is InChI=1S/C17H16F3NO4/c1-23-11-7-8-12(15(9-11)24-2)16(22)21-13-5-3-4-6-14(13)25-10-17(18,19)20/h3-9H,10H2,1-2H3,(H,21,22). The van der Waals surface area contributed by atoms with E-state index < -0.39 is 18.7 Å². The first-order chi connectivity index (χ1) is 11.8. The first-order valence-electron chi connectivity index (χ1n) is 7.16. The maximum Gasteiger partial charge on any atom is 0.422 e. The van der Waals surface area contributed by atoms with Crippen LogP contribution >= 0.6 is 0 Å². The van der Waals surface area contributed by atoms with E-state index in [0.29, 0.717) is 5.75 Å². The van der Waals surface area contributed by atoms with Crippen molar-refractivity contribution < 1.29 is 32.2 Å². The van der Waals surface area contributed by atoms with E-state index in [9.17, 15) is 18.0 Å². The van der Waals surface area contributed by atoms with Gasteiger partial charge in [-0.3, -0.25) is 4.79 Å². The fourth-order valence-electron chi connectivity index (χ4n) is 2.03. The Morgan fingerprint density at radius 1 is 1.04 bits per heavy atom. The van der Waals surface area contributed by atoms with Crippen molar-refractivity contribution in [1.82, 2.24) is 0 Å². The maximum atomic E-state index is 12.4. The molecule has 2 aromatic rings. The number of para-hydroxylation sites is 2. The molecule has 0 aliphatic heterocycles. The lowest BCUT2D eigenvalue weighted by molar-refractivity contribution is -0.153. The van der Waals surface area contributed by atoms with Crippen LogP contribution in [0.1, 0.15) is 10.4 Å². The summed E-state index contributed by atoms with van der Waals surface area (Å²) >= 11 is 0. The van der Waals surface area contributed by atoms with Gasteiger partial charge in [-0.15, -0.1) is 0 Å². The number of amides is 1. The zero-order chi connectivity index (χ0) is 18.4. The Kier molecular flexibility index (Phi) is 5.74. The molecule has 8 heteroatoms. The molecule has 0 aliphatic rings. The van der Waals surface area contributed by atoms with Gasteiger partial charge in [-0.25, -0.2) is 0 Å². The first-order valence-corrected chi connectivity index (χ1v) is 7.16. The zero-order valence-electron chi connectivity index (χ0n) is 13.5. The fraction of sp³-hybridized carbons (Fsp3) is 0.235. The molecule has 0 heterocycles. The smallest absolute Gasteiger partial charge is 0.422 e. The van der Waals surface area contributed by atoms with Gasteiger partial charge >= 0.3 is 6.18 Å². The molecular formula is C17H16F3NO4. The Labute approximate surface area is 142 Å². The summed E-state index contributed by atoms with van der Waals surface area (Å²) < 4.78 is 51.9. The molecule has 2 aromatic carbocycles. The molecule has 0 spiro atoms. The number of ether oxygens (including phenoxy) is 3. The molecule has 0 saturated carbocycles. The number of benzene rings is 2. The quantitative estimate of drug-likeness (QED) is 0.854. The van der Waals surface area contributed by atoms with E-state index in [4.69, 9.17) is 14.2 Å². The summed E-state index contributed by atoms with van der Waals surface area (Å²) in [7, 11) is 2.87. The highest BCUT2D eigenvalue weighted by atomic mass is 19.4. The second kappa shape index (κ2) is 7.78. The highest BCUT2D eigenvalue weighted by Gasteiger charge is 2.29. The predicted molar refractivity (Wildman–Crippen MR) is 85.5 cm³/mol. The molecule has 5 nitrogen and oxygen atoms in total. The van der Waals surface area contributed by atoms with E-state index in [1.165, 1.54) is 44.6 Å². The second-order valence-corrected chi connectivity index (χ2v) is 4.92. The highest BCUT2D eigenvalue weighted by Crippen LogP contribution is 2.29. The minimum absolute atomic E-state index is 0.0827. The Morgan fingerprint density at radius 3 is 2.40 bits per heavy atom.